The molecular weight excluding hydrogens is 222 g/mol. The van der Waals surface area contributed by atoms with Crippen molar-refractivity contribution >= 4 is 23.3 Å². The van der Waals surface area contributed by atoms with E-state index in [0.29, 0.717) is 11.4 Å². The molecule has 0 saturated carbocycles. The van der Waals surface area contributed by atoms with Crippen LogP contribution < -0.4 is 10.6 Å². The number of anilines is 2. The number of aryl methyl sites for hydroxylation is 1. The highest BCUT2D eigenvalue weighted by Gasteiger charge is 2.32. The van der Waals surface area contributed by atoms with E-state index < -0.39 is 12.0 Å². The summed E-state index contributed by atoms with van der Waals surface area (Å²) in [6.45, 7) is 3.82. The second-order valence-corrected chi connectivity index (χ2v) is 4.54. The van der Waals surface area contributed by atoms with E-state index in [2.05, 4.69) is 10.6 Å². The van der Waals surface area contributed by atoms with Crippen molar-refractivity contribution < 1.29 is 14.7 Å². The SMILES string of the molecule is CC(C)[C@@H]1Nc2c(cn(C)c2C(=O)O)NC1=O. The van der Waals surface area contributed by atoms with Gasteiger partial charge in [0.25, 0.3) is 0 Å². The Bertz CT molecular complexity index is 490. The van der Waals surface area contributed by atoms with Gasteiger partial charge in [-0.25, -0.2) is 4.79 Å². The third kappa shape index (κ3) is 1.75. The number of amides is 1. The lowest BCUT2D eigenvalue weighted by atomic mass is 10.0. The largest absolute Gasteiger partial charge is 0.477 e. The van der Waals surface area contributed by atoms with Crippen molar-refractivity contribution in [1.29, 1.82) is 0 Å². The number of carboxylic acids is 1. The van der Waals surface area contributed by atoms with Crippen molar-refractivity contribution in [3.63, 3.8) is 0 Å². The van der Waals surface area contributed by atoms with Crippen LogP contribution in [-0.2, 0) is 11.8 Å². The van der Waals surface area contributed by atoms with Gasteiger partial charge in [0, 0.05) is 13.2 Å². The van der Waals surface area contributed by atoms with Crippen LogP contribution in [0.1, 0.15) is 24.3 Å². The average Bonchev–Trinajstić information content (AvgIpc) is 2.51. The topological polar surface area (TPSA) is 83.4 Å². The monoisotopic (exact) mass is 237 g/mol. The van der Waals surface area contributed by atoms with Gasteiger partial charge in [-0.3, -0.25) is 4.79 Å². The smallest absolute Gasteiger partial charge is 0.354 e. The van der Waals surface area contributed by atoms with Crippen LogP contribution in [0, 0.1) is 5.92 Å². The number of rotatable bonds is 2. The van der Waals surface area contributed by atoms with Gasteiger partial charge in [0.05, 0.1) is 11.4 Å². The fourth-order valence-electron chi connectivity index (χ4n) is 2.03. The Morgan fingerprint density at radius 2 is 2.18 bits per heavy atom. The molecule has 0 unspecified atom stereocenters. The Morgan fingerprint density at radius 1 is 1.53 bits per heavy atom. The molecule has 2 heterocycles. The van der Waals surface area contributed by atoms with Crippen LogP contribution in [0.5, 0.6) is 0 Å². The summed E-state index contributed by atoms with van der Waals surface area (Å²) >= 11 is 0. The van der Waals surface area contributed by atoms with Gasteiger partial charge in [0.1, 0.15) is 6.04 Å². The normalized spacial score (nSPS) is 18.6. The number of hydrogen-bond donors (Lipinski definition) is 3. The molecule has 6 nitrogen and oxygen atoms in total. The Balaban J connectivity index is 2.47. The van der Waals surface area contributed by atoms with Crippen LogP contribution in [0.2, 0.25) is 0 Å². The number of nitrogens with one attached hydrogen (secondary N) is 2. The minimum atomic E-state index is -1.01. The standard InChI is InChI=1S/C11H15N3O3/c1-5(2)7-10(15)12-6-4-14(3)9(11(16)17)8(6)13-7/h4-5,7,13H,1-3H3,(H,12,15)(H,16,17)/t7-/m0/s1. The Kier molecular flexibility index (Phi) is 2.57. The number of hydrogen-bond acceptors (Lipinski definition) is 3. The summed E-state index contributed by atoms with van der Waals surface area (Å²) < 4.78 is 1.49. The van der Waals surface area contributed by atoms with Crippen LogP contribution >= 0.6 is 0 Å². The number of carboxylic acid groups (broad SMARTS) is 1. The second-order valence-electron chi connectivity index (χ2n) is 4.54. The summed E-state index contributed by atoms with van der Waals surface area (Å²) in [6, 6.07) is -0.400. The minimum Gasteiger partial charge on any atom is -0.477 e. The summed E-state index contributed by atoms with van der Waals surface area (Å²) in [5.41, 5.74) is 1.16. The van der Waals surface area contributed by atoms with Gasteiger partial charge < -0.3 is 20.3 Å². The summed E-state index contributed by atoms with van der Waals surface area (Å²) in [5, 5.41) is 14.9. The van der Waals surface area contributed by atoms with Gasteiger partial charge in [0.15, 0.2) is 5.69 Å². The van der Waals surface area contributed by atoms with E-state index in [9.17, 15) is 9.59 Å². The number of aromatic carboxylic acids is 1. The predicted octanol–water partition coefficient (Wildman–Crippen LogP) is 1.11. The van der Waals surface area contributed by atoms with Crippen molar-refractivity contribution in [2.75, 3.05) is 10.6 Å². The summed E-state index contributed by atoms with van der Waals surface area (Å²) in [4.78, 5) is 22.9. The lowest BCUT2D eigenvalue weighted by Crippen LogP contribution is -2.42. The van der Waals surface area contributed by atoms with E-state index in [1.54, 1.807) is 13.2 Å². The second kappa shape index (κ2) is 3.80. The molecule has 0 radical (unpaired) electrons. The van der Waals surface area contributed by atoms with Gasteiger partial charge >= 0.3 is 5.97 Å². The predicted molar refractivity (Wildman–Crippen MR) is 63.3 cm³/mol. The fraction of sp³-hybridized carbons (Fsp3) is 0.455. The molecule has 0 saturated heterocycles. The molecule has 1 aliphatic heterocycles. The molecule has 1 aliphatic rings. The van der Waals surface area contributed by atoms with Gasteiger partial charge in [-0.1, -0.05) is 13.8 Å². The van der Waals surface area contributed by atoms with E-state index >= 15 is 0 Å². The summed E-state index contributed by atoms with van der Waals surface area (Å²) in [6.07, 6.45) is 1.60. The van der Waals surface area contributed by atoms with Gasteiger partial charge in [-0.05, 0) is 5.92 Å². The minimum absolute atomic E-state index is 0.0880. The van der Waals surface area contributed by atoms with E-state index in [1.165, 1.54) is 4.57 Å². The number of nitrogens with zero attached hydrogens (tertiary/aromatic N) is 1. The highest BCUT2D eigenvalue weighted by molar-refractivity contribution is 6.08. The first-order chi connectivity index (χ1) is 7.91. The molecule has 1 aromatic heterocycles. The molecule has 2 rings (SSSR count). The van der Waals surface area contributed by atoms with Crippen molar-refractivity contribution in [3.05, 3.63) is 11.9 Å². The Morgan fingerprint density at radius 3 is 2.71 bits per heavy atom. The zero-order valence-corrected chi connectivity index (χ0v) is 9.94. The van der Waals surface area contributed by atoms with Crippen LogP contribution in [0.25, 0.3) is 0 Å². The quantitative estimate of drug-likeness (QED) is 0.719. The van der Waals surface area contributed by atoms with Crippen molar-refractivity contribution in [2.45, 2.75) is 19.9 Å². The molecule has 1 aromatic rings. The Hall–Kier alpha value is -1.98. The number of aromatic nitrogens is 1. The van der Waals surface area contributed by atoms with Crippen molar-refractivity contribution in [2.24, 2.45) is 13.0 Å². The maximum atomic E-state index is 11.8. The molecule has 17 heavy (non-hydrogen) atoms. The maximum absolute atomic E-state index is 11.8. The zero-order valence-electron chi connectivity index (χ0n) is 9.94. The lowest BCUT2D eigenvalue weighted by Gasteiger charge is -2.27. The first-order valence-electron chi connectivity index (χ1n) is 5.41. The van der Waals surface area contributed by atoms with Gasteiger partial charge in [-0.2, -0.15) is 0 Å². The zero-order chi connectivity index (χ0) is 12.7. The molecule has 0 fully saturated rings. The molecule has 1 atom stereocenters. The maximum Gasteiger partial charge on any atom is 0.354 e. The van der Waals surface area contributed by atoms with Crippen LogP contribution in [-0.4, -0.2) is 27.6 Å². The summed E-state index contributed by atoms with van der Waals surface area (Å²) in [7, 11) is 1.64. The molecule has 0 aromatic carbocycles. The van der Waals surface area contributed by atoms with E-state index in [4.69, 9.17) is 5.11 Å². The molecule has 3 N–H and O–H groups in total. The van der Waals surface area contributed by atoms with Crippen LogP contribution in [0.3, 0.4) is 0 Å². The lowest BCUT2D eigenvalue weighted by molar-refractivity contribution is -0.117. The van der Waals surface area contributed by atoms with E-state index in [0.717, 1.165) is 0 Å². The number of fused-ring (bicyclic) bond motifs is 1. The molecule has 0 bridgehead atoms. The highest BCUT2D eigenvalue weighted by atomic mass is 16.4. The molecule has 92 valence electrons. The first kappa shape index (κ1) is 11.5. The molecule has 0 spiro atoms. The highest BCUT2D eigenvalue weighted by Crippen LogP contribution is 2.33. The van der Waals surface area contributed by atoms with Gasteiger partial charge in [-0.15, -0.1) is 0 Å². The molecule has 0 aliphatic carbocycles. The van der Waals surface area contributed by atoms with Crippen molar-refractivity contribution in [1.82, 2.24) is 4.57 Å². The van der Waals surface area contributed by atoms with Crippen LogP contribution in [0.15, 0.2) is 6.20 Å². The van der Waals surface area contributed by atoms with E-state index in [1.807, 2.05) is 13.8 Å². The average molecular weight is 237 g/mol. The third-order valence-corrected chi connectivity index (χ3v) is 2.89. The first-order valence-corrected chi connectivity index (χ1v) is 5.41. The van der Waals surface area contributed by atoms with Gasteiger partial charge in [0.2, 0.25) is 5.91 Å². The third-order valence-electron chi connectivity index (χ3n) is 2.89. The number of carbonyl (C=O) groups excluding carboxylic acids is 1. The fourth-order valence-corrected chi connectivity index (χ4v) is 2.03. The Labute approximate surface area is 98.6 Å². The molecular formula is C11H15N3O3. The molecule has 6 heteroatoms. The van der Waals surface area contributed by atoms with Crippen molar-refractivity contribution in [3.8, 4) is 0 Å². The molecule has 1 amide bonds. The summed E-state index contributed by atoms with van der Waals surface area (Å²) in [5.74, 6) is -1.06. The number of carbonyl (C=O) groups is 2. The van der Waals surface area contributed by atoms with Crippen LogP contribution in [0.4, 0.5) is 11.4 Å². The van der Waals surface area contributed by atoms with E-state index in [-0.39, 0.29) is 17.5 Å².